The average Bonchev–Trinajstić information content (AvgIpc) is 3.39. The number of nitrogens with two attached hydrogens (primary N) is 1. The van der Waals surface area contributed by atoms with Crippen LogP contribution in [0.1, 0.15) is 22.8 Å². The van der Waals surface area contributed by atoms with Gasteiger partial charge in [-0.05, 0) is 38.1 Å². The first-order valence-electron chi connectivity index (χ1n) is 10.2. The summed E-state index contributed by atoms with van der Waals surface area (Å²) in [7, 11) is 1.68. The number of carbonyl (C=O) groups is 2. The van der Waals surface area contributed by atoms with E-state index in [0.29, 0.717) is 28.5 Å². The van der Waals surface area contributed by atoms with Crippen LogP contribution in [0.15, 0.2) is 53.1 Å². The Morgan fingerprint density at radius 3 is 2.42 bits per heavy atom. The molecule has 1 amide bonds. The van der Waals surface area contributed by atoms with E-state index in [1.54, 1.807) is 31.3 Å². The molecule has 4 aromatic rings. The van der Waals surface area contributed by atoms with Crippen molar-refractivity contribution in [3.8, 4) is 22.8 Å². The van der Waals surface area contributed by atoms with E-state index < -0.39 is 0 Å². The van der Waals surface area contributed by atoms with E-state index in [0.717, 1.165) is 11.1 Å². The van der Waals surface area contributed by atoms with Gasteiger partial charge in [0, 0.05) is 23.9 Å². The molecular formula is C23H23N7O3. The van der Waals surface area contributed by atoms with Gasteiger partial charge >= 0.3 is 0 Å². The summed E-state index contributed by atoms with van der Waals surface area (Å²) in [6, 6.07) is 14.4. The van der Waals surface area contributed by atoms with Crippen LogP contribution in [-0.4, -0.2) is 38.7 Å². The van der Waals surface area contributed by atoms with Crippen molar-refractivity contribution in [1.82, 2.24) is 19.9 Å². The smallest absolute Gasteiger partial charge is 0.265 e. The third kappa shape index (κ3) is 4.59. The SMILES string of the molecule is CNc1nn(CC(=O)Nc2ccc(C(C)=O)cc2)c(N)c1-c1nc(-c2ccc(C)cc2)no1. The molecule has 0 unspecified atom stereocenters. The summed E-state index contributed by atoms with van der Waals surface area (Å²) in [5.41, 5.74) is 9.77. The first-order chi connectivity index (χ1) is 15.9. The van der Waals surface area contributed by atoms with Crippen molar-refractivity contribution in [2.75, 3.05) is 23.4 Å². The zero-order valence-corrected chi connectivity index (χ0v) is 18.4. The second kappa shape index (κ2) is 8.95. The molecule has 2 aromatic carbocycles. The number of aryl methyl sites for hydroxylation is 1. The van der Waals surface area contributed by atoms with E-state index in [1.165, 1.54) is 11.6 Å². The Kier molecular flexibility index (Phi) is 5.90. The van der Waals surface area contributed by atoms with E-state index >= 15 is 0 Å². The molecular weight excluding hydrogens is 422 g/mol. The number of hydrogen-bond acceptors (Lipinski definition) is 8. The van der Waals surface area contributed by atoms with Crippen LogP contribution < -0.4 is 16.4 Å². The van der Waals surface area contributed by atoms with Gasteiger partial charge in [0.25, 0.3) is 5.89 Å². The predicted octanol–water partition coefficient (Wildman–Crippen LogP) is 3.37. The van der Waals surface area contributed by atoms with E-state index in [9.17, 15) is 9.59 Å². The molecule has 0 aliphatic rings. The maximum atomic E-state index is 12.5. The summed E-state index contributed by atoms with van der Waals surface area (Å²) in [6.45, 7) is 3.35. The number of nitrogen functional groups attached to an aromatic ring is 1. The molecule has 0 fully saturated rings. The Morgan fingerprint density at radius 2 is 1.79 bits per heavy atom. The van der Waals surface area contributed by atoms with Crippen molar-refractivity contribution in [2.45, 2.75) is 20.4 Å². The third-order valence-electron chi connectivity index (χ3n) is 5.05. The quantitative estimate of drug-likeness (QED) is 0.368. The van der Waals surface area contributed by atoms with Crippen molar-refractivity contribution in [2.24, 2.45) is 0 Å². The largest absolute Gasteiger partial charge is 0.383 e. The van der Waals surface area contributed by atoms with Crippen LogP contribution in [-0.2, 0) is 11.3 Å². The lowest BCUT2D eigenvalue weighted by Gasteiger charge is -2.07. The molecule has 168 valence electrons. The normalized spacial score (nSPS) is 10.8. The topological polar surface area (TPSA) is 141 Å². The molecule has 0 aliphatic carbocycles. The van der Waals surface area contributed by atoms with Crippen molar-refractivity contribution < 1.29 is 14.1 Å². The number of rotatable bonds is 7. The van der Waals surface area contributed by atoms with E-state index in [1.807, 2.05) is 31.2 Å². The second-order valence-electron chi connectivity index (χ2n) is 7.49. The van der Waals surface area contributed by atoms with Crippen molar-refractivity contribution in [1.29, 1.82) is 0 Å². The van der Waals surface area contributed by atoms with Gasteiger partial charge in [-0.1, -0.05) is 35.0 Å². The summed E-state index contributed by atoms with van der Waals surface area (Å²) in [5, 5.41) is 14.1. The number of anilines is 3. The van der Waals surface area contributed by atoms with Crippen LogP contribution in [0.25, 0.3) is 22.8 Å². The molecule has 0 bridgehead atoms. The van der Waals surface area contributed by atoms with Crippen LogP contribution in [0.5, 0.6) is 0 Å². The molecule has 0 saturated carbocycles. The van der Waals surface area contributed by atoms with Crippen LogP contribution >= 0.6 is 0 Å². The molecule has 0 spiro atoms. The minimum atomic E-state index is -0.333. The van der Waals surface area contributed by atoms with Crippen molar-refractivity contribution >= 4 is 29.0 Å². The number of nitrogens with zero attached hydrogens (tertiary/aromatic N) is 4. The van der Waals surface area contributed by atoms with E-state index in [-0.39, 0.29) is 29.9 Å². The molecule has 0 aliphatic heterocycles. The zero-order valence-electron chi connectivity index (χ0n) is 18.4. The van der Waals surface area contributed by atoms with Gasteiger partial charge in [0.05, 0.1) is 0 Å². The molecule has 33 heavy (non-hydrogen) atoms. The lowest BCUT2D eigenvalue weighted by atomic mass is 10.1. The summed E-state index contributed by atoms with van der Waals surface area (Å²) < 4.78 is 6.80. The number of amides is 1. The molecule has 2 aromatic heterocycles. The number of ketones is 1. The van der Waals surface area contributed by atoms with Gasteiger partial charge < -0.3 is 20.9 Å². The second-order valence-corrected chi connectivity index (χ2v) is 7.49. The summed E-state index contributed by atoms with van der Waals surface area (Å²) in [5.74, 6) is 0.853. The lowest BCUT2D eigenvalue weighted by molar-refractivity contribution is -0.116. The highest BCUT2D eigenvalue weighted by molar-refractivity contribution is 5.95. The Labute approximate surface area is 189 Å². The van der Waals surface area contributed by atoms with E-state index in [2.05, 4.69) is 25.9 Å². The standard InChI is InChI=1S/C23H23N7O3/c1-13-4-6-16(7-5-13)21-27-23(33-29-21)19-20(24)30(28-22(19)25-3)12-18(32)26-17-10-8-15(9-11-17)14(2)31/h4-11H,12,24H2,1-3H3,(H,25,28)(H,26,32). The van der Waals surface area contributed by atoms with Gasteiger partial charge in [-0.25, -0.2) is 4.68 Å². The van der Waals surface area contributed by atoms with Crippen LogP contribution in [0, 0.1) is 6.92 Å². The summed E-state index contributed by atoms with van der Waals surface area (Å²) >= 11 is 0. The first-order valence-corrected chi connectivity index (χ1v) is 10.2. The van der Waals surface area contributed by atoms with Gasteiger partial charge in [-0.2, -0.15) is 10.1 Å². The van der Waals surface area contributed by atoms with Gasteiger partial charge in [-0.3, -0.25) is 9.59 Å². The van der Waals surface area contributed by atoms with Gasteiger partial charge in [-0.15, -0.1) is 0 Å². The maximum absolute atomic E-state index is 12.5. The zero-order chi connectivity index (χ0) is 23.5. The van der Waals surface area contributed by atoms with E-state index in [4.69, 9.17) is 10.3 Å². The molecule has 0 atom stereocenters. The Balaban J connectivity index is 1.54. The van der Waals surface area contributed by atoms with Crippen LogP contribution in [0.4, 0.5) is 17.3 Å². The fourth-order valence-electron chi connectivity index (χ4n) is 3.25. The Hall–Kier alpha value is -4.47. The molecule has 0 radical (unpaired) electrons. The van der Waals surface area contributed by atoms with Crippen LogP contribution in [0.3, 0.4) is 0 Å². The molecule has 10 heteroatoms. The first kappa shape index (κ1) is 21.8. The summed E-state index contributed by atoms with van der Waals surface area (Å²) in [4.78, 5) is 28.4. The number of benzene rings is 2. The molecule has 4 N–H and O–H groups in total. The molecule has 10 nitrogen and oxygen atoms in total. The number of aromatic nitrogens is 4. The van der Waals surface area contributed by atoms with Crippen molar-refractivity contribution in [3.63, 3.8) is 0 Å². The fraction of sp³-hybridized carbons (Fsp3) is 0.174. The monoisotopic (exact) mass is 445 g/mol. The number of hydrogen-bond donors (Lipinski definition) is 3. The van der Waals surface area contributed by atoms with Gasteiger partial charge in [0.2, 0.25) is 11.7 Å². The third-order valence-corrected chi connectivity index (χ3v) is 5.05. The highest BCUT2D eigenvalue weighted by Crippen LogP contribution is 2.33. The average molecular weight is 445 g/mol. The minimum absolute atomic E-state index is 0.0455. The maximum Gasteiger partial charge on any atom is 0.265 e. The van der Waals surface area contributed by atoms with Crippen LogP contribution in [0.2, 0.25) is 0 Å². The lowest BCUT2D eigenvalue weighted by Crippen LogP contribution is -2.20. The molecule has 4 rings (SSSR count). The number of nitrogens with one attached hydrogen (secondary N) is 2. The van der Waals surface area contributed by atoms with Crippen molar-refractivity contribution in [3.05, 3.63) is 59.7 Å². The van der Waals surface area contributed by atoms with Gasteiger partial charge in [0.15, 0.2) is 11.6 Å². The molecule has 2 heterocycles. The summed E-state index contributed by atoms with van der Waals surface area (Å²) in [6.07, 6.45) is 0. The van der Waals surface area contributed by atoms with Gasteiger partial charge in [0.1, 0.15) is 17.9 Å². The Bertz CT molecular complexity index is 1310. The number of Topliss-reactive ketones (excluding diaryl/α,β-unsaturated/α-hetero) is 1. The highest BCUT2D eigenvalue weighted by atomic mass is 16.5. The predicted molar refractivity (Wildman–Crippen MR) is 125 cm³/mol. The number of carbonyl (C=O) groups excluding carboxylic acids is 2. The highest BCUT2D eigenvalue weighted by Gasteiger charge is 2.23. The Morgan fingerprint density at radius 1 is 1.09 bits per heavy atom. The molecule has 0 saturated heterocycles. The minimum Gasteiger partial charge on any atom is -0.383 e. The fourth-order valence-corrected chi connectivity index (χ4v) is 3.25.